The van der Waals surface area contributed by atoms with Crippen molar-refractivity contribution in [1.29, 1.82) is 0 Å². The third-order valence-electron chi connectivity index (χ3n) is 7.03. The fourth-order valence-corrected chi connectivity index (χ4v) is 4.63. The maximum atomic E-state index is 13.2. The van der Waals surface area contributed by atoms with Crippen LogP contribution in [0.5, 0.6) is 0 Å². The minimum atomic E-state index is -1.81. The van der Waals surface area contributed by atoms with Crippen LogP contribution in [-0.2, 0) is 28.0 Å². The van der Waals surface area contributed by atoms with Crippen molar-refractivity contribution >= 4 is 12.0 Å². The topological polar surface area (TPSA) is 140 Å². The Morgan fingerprint density at radius 3 is 1.56 bits per heavy atom. The fraction of sp³-hybridized carbons (Fsp3) is 0.412. The molecule has 5 atom stereocenters. The normalized spacial score (nSPS) is 15.8. The van der Waals surface area contributed by atoms with Gasteiger partial charge in [-0.1, -0.05) is 91.0 Å². The summed E-state index contributed by atoms with van der Waals surface area (Å²) in [4.78, 5) is 25.8. The van der Waals surface area contributed by atoms with Gasteiger partial charge < -0.3 is 36.0 Å². The highest BCUT2D eigenvalue weighted by Gasteiger charge is 2.35. The Kier molecular flexibility index (Phi) is 12.3. The molecule has 6 N–H and O–H groups in total. The second-order valence-corrected chi connectivity index (χ2v) is 11.9. The van der Waals surface area contributed by atoms with Crippen LogP contribution < -0.4 is 16.0 Å². The average molecular weight is 592 g/mol. The van der Waals surface area contributed by atoms with Crippen molar-refractivity contribution in [1.82, 2.24) is 16.0 Å². The minimum absolute atomic E-state index is 0.0345. The maximum Gasteiger partial charge on any atom is 0.407 e. The van der Waals surface area contributed by atoms with Gasteiger partial charge in [0.1, 0.15) is 5.60 Å². The van der Waals surface area contributed by atoms with Gasteiger partial charge in [-0.2, -0.15) is 0 Å². The first kappa shape index (κ1) is 33.7. The van der Waals surface area contributed by atoms with E-state index in [9.17, 15) is 24.9 Å². The lowest BCUT2D eigenvalue weighted by Gasteiger charge is -2.30. The summed E-state index contributed by atoms with van der Waals surface area (Å²) in [6, 6.07) is 26.1. The van der Waals surface area contributed by atoms with Crippen LogP contribution >= 0.6 is 0 Å². The molecule has 0 aliphatic heterocycles. The highest BCUT2D eigenvalue weighted by Crippen LogP contribution is 2.21. The Hall–Kier alpha value is -3.76. The number of carbonyl (C=O) groups excluding carboxylic acids is 2. The molecule has 0 saturated carbocycles. The third-order valence-corrected chi connectivity index (χ3v) is 7.03. The molecule has 0 bridgehead atoms. The molecule has 3 aromatic rings. The molecule has 232 valence electrons. The van der Waals surface area contributed by atoms with E-state index in [1.807, 2.05) is 60.7 Å². The van der Waals surface area contributed by atoms with Crippen molar-refractivity contribution in [3.63, 3.8) is 0 Å². The van der Waals surface area contributed by atoms with Gasteiger partial charge in [-0.3, -0.25) is 4.79 Å². The number of nitrogens with one attached hydrogen (secondary N) is 3. The third kappa shape index (κ3) is 11.1. The van der Waals surface area contributed by atoms with Gasteiger partial charge >= 0.3 is 6.09 Å². The van der Waals surface area contributed by atoms with E-state index in [1.165, 1.54) is 6.92 Å². The van der Waals surface area contributed by atoms with Gasteiger partial charge in [0.05, 0.1) is 24.3 Å². The molecule has 0 aliphatic rings. The summed E-state index contributed by atoms with van der Waals surface area (Å²) in [5, 5.41) is 42.0. The number of alkyl carbamates (subject to hydrolysis) is 1. The van der Waals surface area contributed by atoms with E-state index < -0.39 is 47.5 Å². The molecule has 0 spiro atoms. The second-order valence-electron chi connectivity index (χ2n) is 11.9. The van der Waals surface area contributed by atoms with Crippen LogP contribution in [0.4, 0.5) is 4.79 Å². The van der Waals surface area contributed by atoms with Crippen LogP contribution in [-0.4, -0.2) is 70.3 Å². The molecule has 43 heavy (non-hydrogen) atoms. The quantitative estimate of drug-likeness (QED) is 0.169. The number of aliphatic hydroxyl groups is 3. The van der Waals surface area contributed by atoms with E-state index in [2.05, 4.69) is 16.0 Å². The Labute approximate surface area is 254 Å². The molecule has 0 aromatic heterocycles. The van der Waals surface area contributed by atoms with Crippen LogP contribution in [0.25, 0.3) is 0 Å². The Morgan fingerprint density at radius 2 is 1.12 bits per heavy atom. The molecule has 4 unspecified atom stereocenters. The standard InChI is InChI=1S/C34H45N3O6/c1-33(2,3)43-32(41)37-28(21-25-16-10-6-11-17-25)30(39)23-35-22-29(38)27(20-24-14-8-5-9-15-24)36-31(40)34(4,42)26-18-12-7-13-19-26/h5-19,27-30,35,38-39,42H,20-23H2,1-4H3,(H,36,40)(H,37,41)/t27?,28-,29?,30?,34?/m0/s1. The van der Waals surface area contributed by atoms with Gasteiger partial charge in [0.2, 0.25) is 0 Å². The molecule has 9 heteroatoms. The number of ether oxygens (including phenoxy) is 1. The van der Waals surface area contributed by atoms with Crippen molar-refractivity contribution in [3.8, 4) is 0 Å². The molecule has 0 fully saturated rings. The summed E-state index contributed by atoms with van der Waals surface area (Å²) in [5.41, 5.74) is -0.242. The molecule has 0 radical (unpaired) electrons. The highest BCUT2D eigenvalue weighted by atomic mass is 16.6. The second kappa shape index (κ2) is 15.6. The van der Waals surface area contributed by atoms with Crippen molar-refractivity contribution in [3.05, 3.63) is 108 Å². The number of amides is 2. The van der Waals surface area contributed by atoms with Gasteiger partial charge in [-0.05, 0) is 57.2 Å². The smallest absolute Gasteiger partial charge is 0.407 e. The van der Waals surface area contributed by atoms with Gasteiger partial charge in [0.25, 0.3) is 5.91 Å². The van der Waals surface area contributed by atoms with Gasteiger partial charge in [-0.25, -0.2) is 4.79 Å². The van der Waals surface area contributed by atoms with Crippen molar-refractivity contribution in [2.45, 2.75) is 76.0 Å². The van der Waals surface area contributed by atoms with Gasteiger partial charge in [0, 0.05) is 13.1 Å². The first-order valence-electron chi connectivity index (χ1n) is 14.6. The predicted octanol–water partition coefficient (Wildman–Crippen LogP) is 3.07. The molecule has 3 rings (SSSR count). The molecule has 0 saturated heterocycles. The first-order chi connectivity index (χ1) is 20.3. The van der Waals surface area contributed by atoms with E-state index >= 15 is 0 Å². The SMILES string of the molecule is CC(C)(C)OC(=O)N[C@@H](Cc1ccccc1)C(O)CNCC(O)C(Cc1ccccc1)NC(=O)C(C)(O)c1ccccc1. The summed E-state index contributed by atoms with van der Waals surface area (Å²) in [5.74, 6) is -0.636. The molecule has 0 aliphatic carbocycles. The summed E-state index contributed by atoms with van der Waals surface area (Å²) in [7, 11) is 0. The zero-order valence-corrected chi connectivity index (χ0v) is 25.4. The largest absolute Gasteiger partial charge is 0.444 e. The fourth-order valence-electron chi connectivity index (χ4n) is 4.63. The van der Waals surface area contributed by atoms with Crippen molar-refractivity contribution < 1.29 is 29.6 Å². The summed E-state index contributed by atoms with van der Waals surface area (Å²) in [6.07, 6.45) is -2.02. The zero-order chi connectivity index (χ0) is 31.5. The Morgan fingerprint density at radius 1 is 0.698 bits per heavy atom. The van der Waals surface area contributed by atoms with E-state index in [1.54, 1.807) is 51.1 Å². The van der Waals surface area contributed by atoms with E-state index in [-0.39, 0.29) is 13.1 Å². The van der Waals surface area contributed by atoms with Crippen LogP contribution in [0, 0.1) is 0 Å². The average Bonchev–Trinajstić information content (AvgIpc) is 2.97. The molecular weight excluding hydrogens is 546 g/mol. The number of hydrogen-bond donors (Lipinski definition) is 6. The molecule has 3 aromatic carbocycles. The number of aliphatic hydroxyl groups excluding tert-OH is 2. The Balaban J connectivity index is 1.67. The van der Waals surface area contributed by atoms with Crippen molar-refractivity contribution in [2.24, 2.45) is 0 Å². The van der Waals surface area contributed by atoms with Crippen LogP contribution in [0.3, 0.4) is 0 Å². The first-order valence-corrected chi connectivity index (χ1v) is 14.6. The summed E-state index contributed by atoms with van der Waals surface area (Å²) >= 11 is 0. The van der Waals surface area contributed by atoms with E-state index in [0.29, 0.717) is 18.4 Å². The molecule has 2 amide bonds. The van der Waals surface area contributed by atoms with Crippen molar-refractivity contribution in [2.75, 3.05) is 13.1 Å². The summed E-state index contributed by atoms with van der Waals surface area (Å²) < 4.78 is 5.40. The number of hydrogen-bond acceptors (Lipinski definition) is 7. The van der Waals surface area contributed by atoms with Crippen LogP contribution in [0.2, 0.25) is 0 Å². The number of rotatable bonds is 14. The lowest BCUT2D eigenvalue weighted by Crippen LogP contribution is -2.55. The molecule has 9 nitrogen and oxygen atoms in total. The van der Waals surface area contributed by atoms with Gasteiger partial charge in [-0.15, -0.1) is 0 Å². The number of carbonyl (C=O) groups is 2. The minimum Gasteiger partial charge on any atom is -0.444 e. The number of benzene rings is 3. The monoisotopic (exact) mass is 591 g/mol. The van der Waals surface area contributed by atoms with Gasteiger partial charge in [0.15, 0.2) is 5.60 Å². The van der Waals surface area contributed by atoms with Crippen LogP contribution in [0.1, 0.15) is 44.4 Å². The summed E-state index contributed by atoms with van der Waals surface area (Å²) in [6.45, 7) is 6.81. The molecule has 0 heterocycles. The van der Waals surface area contributed by atoms with E-state index in [4.69, 9.17) is 4.74 Å². The zero-order valence-electron chi connectivity index (χ0n) is 25.4. The molecular formula is C34H45N3O6. The predicted molar refractivity (Wildman–Crippen MR) is 166 cm³/mol. The maximum absolute atomic E-state index is 13.2. The highest BCUT2D eigenvalue weighted by molar-refractivity contribution is 5.86. The lowest BCUT2D eigenvalue weighted by atomic mass is 9.93. The van der Waals surface area contributed by atoms with Crippen LogP contribution in [0.15, 0.2) is 91.0 Å². The van der Waals surface area contributed by atoms with E-state index in [0.717, 1.165) is 11.1 Å². The Bertz CT molecular complexity index is 1270. The lowest BCUT2D eigenvalue weighted by molar-refractivity contribution is -0.140.